The first-order valence-electron chi connectivity index (χ1n) is 7.87. The minimum atomic E-state index is 0.531. The van der Waals surface area contributed by atoms with E-state index in [1.165, 1.54) is 11.3 Å². The quantitative estimate of drug-likeness (QED) is 0.779. The van der Waals surface area contributed by atoms with E-state index in [-0.39, 0.29) is 0 Å². The number of rotatable bonds is 4. The predicted molar refractivity (Wildman–Crippen MR) is 90.6 cm³/mol. The molecule has 1 aliphatic heterocycles. The zero-order valence-electron chi connectivity index (χ0n) is 12.6. The van der Waals surface area contributed by atoms with E-state index in [1.54, 1.807) is 0 Å². The van der Waals surface area contributed by atoms with Crippen molar-refractivity contribution < 1.29 is 0 Å². The lowest BCUT2D eigenvalue weighted by Gasteiger charge is -2.36. The van der Waals surface area contributed by atoms with Crippen LogP contribution in [0.25, 0.3) is 0 Å². The summed E-state index contributed by atoms with van der Waals surface area (Å²) in [5.74, 6) is 0.531. The first-order chi connectivity index (χ1) is 10.3. The van der Waals surface area contributed by atoms with E-state index >= 15 is 0 Å². The summed E-state index contributed by atoms with van der Waals surface area (Å²) >= 11 is 0. The van der Waals surface area contributed by atoms with E-state index in [4.69, 9.17) is 0 Å². The number of hydrogen-bond acceptors (Lipinski definition) is 2. The Morgan fingerprint density at radius 3 is 2.48 bits per heavy atom. The molecule has 1 fully saturated rings. The van der Waals surface area contributed by atoms with Gasteiger partial charge in [-0.25, -0.2) is 0 Å². The Bertz CT molecular complexity index is 522. The highest BCUT2D eigenvalue weighted by Crippen LogP contribution is 2.19. The van der Waals surface area contributed by atoms with Crippen molar-refractivity contribution in [3.8, 4) is 0 Å². The Morgan fingerprint density at radius 2 is 1.86 bits per heavy atom. The van der Waals surface area contributed by atoms with Crippen molar-refractivity contribution in [1.29, 1.82) is 0 Å². The Kier molecular flexibility index (Phi) is 4.56. The van der Waals surface area contributed by atoms with Crippen molar-refractivity contribution in [3.63, 3.8) is 0 Å². The number of hydrogen-bond donors (Lipinski definition) is 0. The molecule has 1 atom stereocenters. The third kappa shape index (κ3) is 3.64. The number of nitrogens with zero attached hydrogens (tertiary/aromatic N) is 2. The summed E-state index contributed by atoms with van der Waals surface area (Å²) in [6.07, 6.45) is 10.1. The lowest BCUT2D eigenvalue weighted by molar-refractivity contribution is 0.279. The van der Waals surface area contributed by atoms with Crippen LogP contribution in [0.1, 0.15) is 6.42 Å². The molecule has 0 amide bonds. The second kappa shape index (κ2) is 6.77. The van der Waals surface area contributed by atoms with Crippen molar-refractivity contribution in [2.24, 2.45) is 5.92 Å². The molecule has 110 valence electrons. The smallest absolute Gasteiger partial charge is 0.0367 e. The molecule has 3 rings (SSSR count). The zero-order valence-corrected chi connectivity index (χ0v) is 12.6. The fraction of sp³-hybridized carbons (Fsp3) is 0.368. The van der Waals surface area contributed by atoms with Gasteiger partial charge in [-0.05, 0) is 30.0 Å². The number of benzene rings is 1. The van der Waals surface area contributed by atoms with E-state index in [0.717, 1.165) is 39.1 Å². The SMILES string of the molecule is C=CC1C=CC(CN2CCN(c3ccccc3)CC2)=CC1. The molecular formula is C19H24N2. The summed E-state index contributed by atoms with van der Waals surface area (Å²) in [5, 5.41) is 0. The fourth-order valence-corrected chi connectivity index (χ4v) is 3.03. The normalized spacial score (nSPS) is 23.0. The molecule has 21 heavy (non-hydrogen) atoms. The third-order valence-electron chi connectivity index (χ3n) is 4.41. The first-order valence-corrected chi connectivity index (χ1v) is 7.87. The van der Waals surface area contributed by atoms with Crippen LogP contribution in [-0.4, -0.2) is 37.6 Å². The summed E-state index contributed by atoms with van der Waals surface area (Å²) in [4.78, 5) is 5.04. The molecule has 0 aromatic heterocycles. The number of piperazine rings is 1. The molecule has 1 aromatic rings. The lowest BCUT2D eigenvalue weighted by Crippen LogP contribution is -2.46. The molecule has 0 radical (unpaired) electrons. The molecule has 2 aliphatic rings. The van der Waals surface area contributed by atoms with E-state index in [9.17, 15) is 0 Å². The maximum absolute atomic E-state index is 3.87. The third-order valence-corrected chi connectivity index (χ3v) is 4.41. The van der Waals surface area contributed by atoms with Crippen molar-refractivity contribution in [2.75, 3.05) is 37.6 Å². The van der Waals surface area contributed by atoms with Crippen LogP contribution in [0.4, 0.5) is 5.69 Å². The molecule has 0 spiro atoms. The topological polar surface area (TPSA) is 6.48 Å². The van der Waals surface area contributed by atoms with Crippen LogP contribution >= 0.6 is 0 Å². The van der Waals surface area contributed by atoms with Crippen LogP contribution in [0.5, 0.6) is 0 Å². The van der Waals surface area contributed by atoms with E-state index in [1.807, 2.05) is 6.08 Å². The van der Waals surface area contributed by atoms with Crippen molar-refractivity contribution in [3.05, 3.63) is 66.8 Å². The van der Waals surface area contributed by atoms with Gasteiger partial charge in [0.2, 0.25) is 0 Å². The predicted octanol–water partition coefficient (Wildman–Crippen LogP) is 3.50. The number of para-hydroxylation sites is 1. The monoisotopic (exact) mass is 280 g/mol. The van der Waals surface area contributed by atoms with Crippen molar-refractivity contribution in [1.82, 2.24) is 4.90 Å². The summed E-state index contributed by atoms with van der Waals surface area (Å²) in [7, 11) is 0. The standard InChI is InChI=1S/C19H24N2/c1-2-17-8-10-18(11-9-17)16-20-12-14-21(15-13-20)19-6-4-3-5-7-19/h2-8,10-11,17H,1,9,12-16H2. The Hall–Kier alpha value is -1.80. The Morgan fingerprint density at radius 1 is 1.10 bits per heavy atom. The van der Waals surface area contributed by atoms with Gasteiger partial charge in [-0.15, -0.1) is 6.58 Å². The van der Waals surface area contributed by atoms with Gasteiger partial charge in [-0.2, -0.15) is 0 Å². The second-order valence-corrected chi connectivity index (χ2v) is 5.87. The highest BCUT2D eigenvalue weighted by Gasteiger charge is 2.18. The molecule has 2 heteroatoms. The minimum absolute atomic E-state index is 0.531. The highest BCUT2D eigenvalue weighted by molar-refractivity contribution is 5.46. The maximum Gasteiger partial charge on any atom is 0.0367 e. The molecule has 0 saturated carbocycles. The van der Waals surface area contributed by atoms with Gasteiger partial charge in [-0.1, -0.05) is 42.5 Å². The van der Waals surface area contributed by atoms with E-state index < -0.39 is 0 Å². The van der Waals surface area contributed by atoms with Crippen LogP contribution in [0.3, 0.4) is 0 Å². The second-order valence-electron chi connectivity index (χ2n) is 5.87. The molecular weight excluding hydrogens is 256 g/mol. The van der Waals surface area contributed by atoms with Crippen LogP contribution in [0.15, 0.2) is 66.8 Å². The minimum Gasteiger partial charge on any atom is -0.369 e. The van der Waals surface area contributed by atoms with Crippen LogP contribution in [0.2, 0.25) is 0 Å². The molecule has 1 unspecified atom stereocenters. The van der Waals surface area contributed by atoms with Crippen molar-refractivity contribution >= 4 is 5.69 Å². The van der Waals surface area contributed by atoms with Crippen molar-refractivity contribution in [2.45, 2.75) is 6.42 Å². The number of allylic oxidation sites excluding steroid dienone is 3. The van der Waals surface area contributed by atoms with Gasteiger partial charge in [0.05, 0.1) is 0 Å². The van der Waals surface area contributed by atoms with E-state index in [0.29, 0.717) is 5.92 Å². The van der Waals surface area contributed by atoms with Gasteiger partial charge in [-0.3, -0.25) is 4.90 Å². The van der Waals surface area contributed by atoms with Gasteiger partial charge in [0.15, 0.2) is 0 Å². The van der Waals surface area contributed by atoms with Gasteiger partial charge in [0.25, 0.3) is 0 Å². The molecule has 1 aromatic carbocycles. The van der Waals surface area contributed by atoms with Gasteiger partial charge >= 0.3 is 0 Å². The summed E-state index contributed by atoms with van der Waals surface area (Å²) < 4.78 is 0. The Labute approximate surface area is 128 Å². The molecule has 2 nitrogen and oxygen atoms in total. The first kappa shape index (κ1) is 14.2. The van der Waals surface area contributed by atoms with Crippen LogP contribution in [0, 0.1) is 5.92 Å². The molecule has 1 aliphatic carbocycles. The fourth-order valence-electron chi connectivity index (χ4n) is 3.03. The number of anilines is 1. The lowest BCUT2D eigenvalue weighted by atomic mass is 9.96. The van der Waals surface area contributed by atoms with Crippen LogP contribution < -0.4 is 4.90 Å². The molecule has 0 bridgehead atoms. The van der Waals surface area contributed by atoms with Gasteiger partial charge < -0.3 is 4.90 Å². The average Bonchev–Trinajstić information content (AvgIpc) is 2.57. The summed E-state index contributed by atoms with van der Waals surface area (Å²) in [6, 6.07) is 10.7. The average molecular weight is 280 g/mol. The highest BCUT2D eigenvalue weighted by atomic mass is 15.3. The van der Waals surface area contributed by atoms with Crippen LogP contribution in [-0.2, 0) is 0 Å². The zero-order chi connectivity index (χ0) is 14.5. The Balaban J connectivity index is 1.49. The van der Waals surface area contributed by atoms with Gasteiger partial charge in [0, 0.05) is 38.4 Å². The summed E-state index contributed by atoms with van der Waals surface area (Å²) in [6.45, 7) is 9.48. The maximum atomic E-state index is 3.87. The largest absolute Gasteiger partial charge is 0.369 e. The van der Waals surface area contributed by atoms with Gasteiger partial charge in [0.1, 0.15) is 0 Å². The van der Waals surface area contributed by atoms with E-state index in [2.05, 4.69) is 64.9 Å². The molecule has 1 heterocycles. The summed E-state index contributed by atoms with van der Waals surface area (Å²) in [5.41, 5.74) is 2.81. The molecule has 1 saturated heterocycles. The molecule has 0 N–H and O–H groups in total.